The molecular formula is C32H45F2N7O6Si. The number of anilines is 3. The molecule has 262 valence electrons. The number of carbonyl (C=O) groups is 3. The van der Waals surface area contributed by atoms with Gasteiger partial charge in [0.2, 0.25) is 11.7 Å². The fourth-order valence-electron chi connectivity index (χ4n) is 5.64. The van der Waals surface area contributed by atoms with E-state index in [1.54, 1.807) is 25.9 Å². The molecule has 13 nitrogen and oxygen atoms in total. The fourth-order valence-corrected chi connectivity index (χ4v) is 6.39. The van der Waals surface area contributed by atoms with Crippen LogP contribution in [0.25, 0.3) is 0 Å². The number of nitrogens with one attached hydrogen (secondary N) is 2. The number of likely N-dealkylation sites (N-methyl/N-ethyl adjacent to an activating group) is 1. The van der Waals surface area contributed by atoms with E-state index < -0.39 is 44.2 Å². The second-order valence-corrected chi connectivity index (χ2v) is 19.6. The molecule has 1 aliphatic carbocycles. The molecule has 1 aromatic carbocycles. The summed E-state index contributed by atoms with van der Waals surface area (Å²) in [7, 11) is 2.22. The molecule has 2 aromatic rings. The van der Waals surface area contributed by atoms with Crippen molar-refractivity contribution in [3.63, 3.8) is 0 Å². The van der Waals surface area contributed by atoms with Gasteiger partial charge in [0.25, 0.3) is 11.8 Å². The predicted octanol–water partition coefficient (Wildman–Crippen LogP) is 3.73. The summed E-state index contributed by atoms with van der Waals surface area (Å²) >= 11 is 0. The SMILES string of the molecule is C[C@H](C(=O)Nc1cc(F)c2c(c1)C(F)C(CNCC[C@@H]1CN(c3cnc4c(n3)N(COCC[Si](C)(C)C)C(=O)CO4)C(=O)O1)C2)N(C)C. The van der Waals surface area contributed by atoms with Crippen LogP contribution >= 0.6 is 0 Å². The predicted molar refractivity (Wildman–Crippen MR) is 178 cm³/mol. The van der Waals surface area contributed by atoms with Crippen LogP contribution < -0.4 is 25.2 Å². The van der Waals surface area contributed by atoms with Crippen LogP contribution in [0.1, 0.15) is 30.6 Å². The third kappa shape index (κ3) is 8.27. The lowest BCUT2D eigenvalue weighted by Gasteiger charge is -2.28. The Balaban J connectivity index is 1.12. The highest BCUT2D eigenvalue weighted by Gasteiger charge is 2.37. The summed E-state index contributed by atoms with van der Waals surface area (Å²) in [4.78, 5) is 51.1. The second-order valence-electron chi connectivity index (χ2n) is 13.9. The van der Waals surface area contributed by atoms with Crippen molar-refractivity contribution in [2.45, 2.75) is 63.8 Å². The monoisotopic (exact) mass is 689 g/mol. The van der Waals surface area contributed by atoms with Crippen molar-refractivity contribution in [1.29, 1.82) is 0 Å². The van der Waals surface area contributed by atoms with Gasteiger partial charge in [-0.25, -0.2) is 23.5 Å². The van der Waals surface area contributed by atoms with Crippen LogP contribution in [0.5, 0.6) is 5.88 Å². The van der Waals surface area contributed by atoms with E-state index in [1.807, 2.05) is 0 Å². The van der Waals surface area contributed by atoms with Gasteiger partial charge in [0.15, 0.2) is 12.4 Å². The van der Waals surface area contributed by atoms with Gasteiger partial charge in [0.1, 0.15) is 24.8 Å². The van der Waals surface area contributed by atoms with Gasteiger partial charge in [-0.15, -0.1) is 0 Å². The maximum Gasteiger partial charge on any atom is 0.415 e. The fraction of sp³-hybridized carbons (Fsp3) is 0.594. The normalized spacial score (nSPS) is 21.2. The summed E-state index contributed by atoms with van der Waals surface area (Å²) in [6.45, 7) is 9.72. The Bertz CT molecular complexity index is 1530. The molecule has 48 heavy (non-hydrogen) atoms. The van der Waals surface area contributed by atoms with Crippen molar-refractivity contribution in [2.24, 2.45) is 5.92 Å². The number of nitrogens with zero attached hydrogens (tertiary/aromatic N) is 5. The maximum absolute atomic E-state index is 15.4. The molecule has 4 atom stereocenters. The van der Waals surface area contributed by atoms with Crippen molar-refractivity contribution >= 4 is 43.3 Å². The molecule has 0 saturated carbocycles. The molecule has 2 unspecified atom stereocenters. The van der Waals surface area contributed by atoms with Gasteiger partial charge < -0.3 is 24.8 Å². The van der Waals surface area contributed by atoms with Crippen molar-refractivity contribution in [2.75, 3.05) is 68.8 Å². The zero-order valence-electron chi connectivity index (χ0n) is 28.3. The number of ether oxygens (including phenoxy) is 3. The molecule has 0 spiro atoms. The molecule has 0 radical (unpaired) electrons. The smallest absolute Gasteiger partial charge is 0.415 e. The van der Waals surface area contributed by atoms with Gasteiger partial charge in [-0.3, -0.25) is 24.3 Å². The molecule has 2 N–H and O–H groups in total. The van der Waals surface area contributed by atoms with Gasteiger partial charge in [0, 0.05) is 32.8 Å². The Hall–Kier alpha value is -3.73. The molecule has 5 rings (SSSR count). The van der Waals surface area contributed by atoms with Crippen LogP contribution in [-0.2, 0) is 25.5 Å². The number of rotatable bonds is 14. The van der Waals surface area contributed by atoms with Gasteiger partial charge in [-0.05, 0) is 69.7 Å². The molecule has 0 bridgehead atoms. The first-order valence-electron chi connectivity index (χ1n) is 16.2. The van der Waals surface area contributed by atoms with Crippen LogP contribution in [0, 0.1) is 11.7 Å². The lowest BCUT2D eigenvalue weighted by Crippen LogP contribution is -2.42. The van der Waals surface area contributed by atoms with Crippen LogP contribution in [0.3, 0.4) is 0 Å². The average molecular weight is 690 g/mol. The lowest BCUT2D eigenvalue weighted by atomic mass is 10.0. The molecule has 3 amide bonds. The zero-order valence-corrected chi connectivity index (χ0v) is 29.3. The van der Waals surface area contributed by atoms with Crippen LogP contribution in [0.4, 0.5) is 30.9 Å². The summed E-state index contributed by atoms with van der Waals surface area (Å²) in [6, 6.07) is 3.26. The quantitative estimate of drug-likeness (QED) is 0.223. The first-order chi connectivity index (χ1) is 22.7. The maximum atomic E-state index is 15.4. The average Bonchev–Trinajstić information content (AvgIpc) is 3.56. The Morgan fingerprint density at radius 1 is 1.25 bits per heavy atom. The summed E-state index contributed by atoms with van der Waals surface area (Å²) in [5.74, 6) is -1.07. The number of aromatic nitrogens is 2. The Labute approximate surface area is 280 Å². The van der Waals surface area contributed by atoms with E-state index in [-0.39, 0.29) is 66.9 Å². The van der Waals surface area contributed by atoms with E-state index in [0.29, 0.717) is 31.7 Å². The van der Waals surface area contributed by atoms with E-state index in [2.05, 4.69) is 40.2 Å². The van der Waals surface area contributed by atoms with E-state index in [9.17, 15) is 18.8 Å². The van der Waals surface area contributed by atoms with Gasteiger partial charge in [-0.1, -0.05) is 19.6 Å². The number of cyclic esters (lactones) is 1. The molecule has 3 aliphatic rings. The van der Waals surface area contributed by atoms with Crippen molar-refractivity contribution in [3.8, 4) is 5.88 Å². The third-order valence-corrected chi connectivity index (χ3v) is 10.5. The number of alkyl halides is 1. The molecule has 2 aliphatic heterocycles. The number of fused-ring (bicyclic) bond motifs is 2. The minimum atomic E-state index is -1.39. The van der Waals surface area contributed by atoms with Crippen LogP contribution in [-0.4, -0.2) is 107 Å². The van der Waals surface area contributed by atoms with Crippen molar-refractivity contribution in [1.82, 2.24) is 20.2 Å². The van der Waals surface area contributed by atoms with Gasteiger partial charge in [0.05, 0.1) is 18.8 Å². The summed E-state index contributed by atoms with van der Waals surface area (Å²) in [6.07, 6.45) is -0.370. The minimum Gasteiger partial charge on any atom is -0.465 e. The first-order valence-corrected chi connectivity index (χ1v) is 19.9. The number of amides is 3. The van der Waals surface area contributed by atoms with Crippen molar-refractivity contribution < 1.29 is 37.4 Å². The first kappa shape index (κ1) is 35.6. The zero-order chi connectivity index (χ0) is 34.7. The molecule has 1 saturated heterocycles. The Morgan fingerprint density at radius 2 is 2.02 bits per heavy atom. The summed E-state index contributed by atoms with van der Waals surface area (Å²) in [5.41, 5.74) is 0.809. The Kier molecular flexibility index (Phi) is 11.0. The van der Waals surface area contributed by atoms with E-state index in [1.165, 1.54) is 28.1 Å². The summed E-state index contributed by atoms with van der Waals surface area (Å²) < 4.78 is 47.1. The summed E-state index contributed by atoms with van der Waals surface area (Å²) in [5, 5.41) is 5.90. The Morgan fingerprint density at radius 3 is 2.75 bits per heavy atom. The van der Waals surface area contributed by atoms with E-state index >= 15 is 4.39 Å². The highest BCUT2D eigenvalue weighted by Crippen LogP contribution is 2.41. The van der Waals surface area contributed by atoms with Gasteiger partial charge in [-0.2, -0.15) is 0 Å². The lowest BCUT2D eigenvalue weighted by molar-refractivity contribution is -0.122. The number of carbonyl (C=O) groups excluding carboxylic acids is 3. The number of halogens is 2. The molecule has 3 heterocycles. The topological polar surface area (TPSA) is 138 Å². The molecular weight excluding hydrogens is 644 g/mol. The molecule has 16 heteroatoms. The highest BCUT2D eigenvalue weighted by atomic mass is 28.3. The van der Waals surface area contributed by atoms with Crippen LogP contribution in [0.15, 0.2) is 18.3 Å². The highest BCUT2D eigenvalue weighted by molar-refractivity contribution is 6.76. The molecule has 1 aromatic heterocycles. The number of benzene rings is 1. The largest absolute Gasteiger partial charge is 0.465 e. The van der Waals surface area contributed by atoms with Gasteiger partial charge >= 0.3 is 6.09 Å². The van der Waals surface area contributed by atoms with E-state index in [4.69, 9.17) is 14.2 Å². The third-order valence-electron chi connectivity index (χ3n) is 8.84. The van der Waals surface area contributed by atoms with Crippen LogP contribution in [0.2, 0.25) is 25.7 Å². The number of hydrogen-bond donors (Lipinski definition) is 2. The van der Waals surface area contributed by atoms with E-state index in [0.717, 1.165) is 6.04 Å². The van der Waals surface area contributed by atoms with Crippen molar-refractivity contribution in [3.05, 3.63) is 35.3 Å². The minimum absolute atomic E-state index is 0.00276. The molecule has 1 fully saturated rings. The second kappa shape index (κ2) is 14.8. The standard InChI is InChI=1S/C32H45F2N7O6Si/c1-19(39(2)3)30(43)37-21-12-24-23(25(33)13-21)11-20(28(24)34)14-35-8-7-22-16-40(32(44)47-22)26-15-36-31-29(38-26)41(27(42)17-46-31)18-45-9-10-48(4,5)6/h12-13,15,19-20,22,28,35H,7-11,14,16-18H2,1-6H3,(H,37,43)/t19-,20?,22-,28?/m1/s1. The number of hydrogen-bond acceptors (Lipinski definition) is 10.